The molecular weight excluding hydrogens is 258 g/mol. The molecule has 0 aromatic heterocycles. The zero-order chi connectivity index (χ0) is 14.5. The van der Waals surface area contributed by atoms with Gasteiger partial charge in [0.05, 0.1) is 13.5 Å². The second kappa shape index (κ2) is 6.41. The molecular formula is C15H19NO4. The van der Waals surface area contributed by atoms with E-state index in [1.165, 1.54) is 0 Å². The van der Waals surface area contributed by atoms with Crippen LogP contribution in [-0.4, -0.2) is 42.1 Å². The van der Waals surface area contributed by atoms with Crippen LogP contribution in [-0.2, 0) is 16.0 Å². The minimum atomic E-state index is -0.793. The van der Waals surface area contributed by atoms with E-state index in [0.717, 1.165) is 11.3 Å². The lowest BCUT2D eigenvalue weighted by atomic mass is 9.95. The molecule has 1 aliphatic rings. The van der Waals surface area contributed by atoms with Gasteiger partial charge < -0.3 is 14.7 Å². The van der Waals surface area contributed by atoms with Crippen LogP contribution in [0.2, 0.25) is 0 Å². The van der Waals surface area contributed by atoms with Gasteiger partial charge in [-0.1, -0.05) is 12.1 Å². The Morgan fingerprint density at radius 2 is 2.15 bits per heavy atom. The summed E-state index contributed by atoms with van der Waals surface area (Å²) < 4.78 is 5.14. The summed E-state index contributed by atoms with van der Waals surface area (Å²) in [6.45, 7) is 1.15. The molecule has 0 aliphatic carbocycles. The minimum absolute atomic E-state index is 0.0921. The van der Waals surface area contributed by atoms with Crippen molar-refractivity contribution in [2.45, 2.75) is 19.3 Å². The number of hydrogen-bond donors (Lipinski definition) is 1. The third-order valence-corrected chi connectivity index (χ3v) is 3.53. The molecule has 0 bridgehead atoms. The van der Waals surface area contributed by atoms with Crippen LogP contribution in [0.4, 0.5) is 0 Å². The molecule has 108 valence electrons. The molecule has 20 heavy (non-hydrogen) atoms. The molecule has 0 atom stereocenters. The first-order valence-corrected chi connectivity index (χ1v) is 6.71. The fourth-order valence-electron chi connectivity index (χ4n) is 2.39. The fourth-order valence-corrected chi connectivity index (χ4v) is 2.39. The minimum Gasteiger partial charge on any atom is -0.497 e. The Hall–Kier alpha value is -2.04. The number of carboxylic acids is 1. The van der Waals surface area contributed by atoms with E-state index in [0.29, 0.717) is 25.9 Å². The summed E-state index contributed by atoms with van der Waals surface area (Å²) in [5.41, 5.74) is 1.07. The van der Waals surface area contributed by atoms with E-state index in [9.17, 15) is 9.59 Å². The Balaban J connectivity index is 1.74. The number of rotatable bonds is 6. The first kappa shape index (κ1) is 14.4. The van der Waals surface area contributed by atoms with Crippen LogP contribution in [0.5, 0.6) is 5.75 Å². The number of hydrogen-bond acceptors (Lipinski definition) is 3. The van der Waals surface area contributed by atoms with Gasteiger partial charge in [0.25, 0.3) is 0 Å². The van der Waals surface area contributed by atoms with Gasteiger partial charge in [-0.05, 0) is 24.1 Å². The molecule has 5 heteroatoms. The van der Waals surface area contributed by atoms with E-state index in [2.05, 4.69) is 0 Å². The summed E-state index contributed by atoms with van der Waals surface area (Å²) in [5, 5.41) is 8.66. The van der Waals surface area contributed by atoms with E-state index < -0.39 is 5.97 Å². The van der Waals surface area contributed by atoms with Crippen molar-refractivity contribution in [3.05, 3.63) is 29.8 Å². The maximum Gasteiger partial charge on any atom is 0.303 e. The first-order valence-electron chi connectivity index (χ1n) is 6.71. The summed E-state index contributed by atoms with van der Waals surface area (Å²) in [7, 11) is 1.62. The predicted octanol–water partition coefficient (Wildman–Crippen LogP) is 1.56. The van der Waals surface area contributed by atoms with Crippen LogP contribution >= 0.6 is 0 Å². The Labute approximate surface area is 118 Å². The molecule has 5 nitrogen and oxygen atoms in total. The number of likely N-dealkylation sites (tertiary alicyclic amines) is 1. The van der Waals surface area contributed by atoms with Crippen molar-refractivity contribution in [2.24, 2.45) is 5.92 Å². The topological polar surface area (TPSA) is 66.8 Å². The third-order valence-electron chi connectivity index (χ3n) is 3.53. The number of amides is 1. The molecule has 0 saturated carbocycles. The molecule has 1 saturated heterocycles. The van der Waals surface area contributed by atoms with Crippen LogP contribution in [0.1, 0.15) is 18.4 Å². The lowest BCUT2D eigenvalue weighted by Gasteiger charge is -2.38. The summed E-state index contributed by atoms with van der Waals surface area (Å²) in [5.74, 6) is 0.210. The Morgan fingerprint density at radius 1 is 1.40 bits per heavy atom. The van der Waals surface area contributed by atoms with Crippen LogP contribution in [0.15, 0.2) is 24.3 Å². The molecule has 0 spiro atoms. The van der Waals surface area contributed by atoms with E-state index in [-0.39, 0.29) is 18.2 Å². The average Bonchev–Trinajstić information content (AvgIpc) is 2.39. The SMILES string of the molecule is COc1cccc(CCC(=O)N2CC(CC(=O)O)C2)c1. The van der Waals surface area contributed by atoms with Gasteiger partial charge in [-0.3, -0.25) is 9.59 Å². The second-order valence-corrected chi connectivity index (χ2v) is 5.11. The van der Waals surface area contributed by atoms with Gasteiger partial charge in [0.2, 0.25) is 5.91 Å². The van der Waals surface area contributed by atoms with Gasteiger partial charge in [-0.25, -0.2) is 0 Å². The first-order chi connectivity index (χ1) is 9.58. The number of ether oxygens (including phenoxy) is 1. The number of methoxy groups -OCH3 is 1. The van der Waals surface area contributed by atoms with Crippen molar-refractivity contribution in [2.75, 3.05) is 20.2 Å². The number of benzene rings is 1. The molecule has 1 aromatic rings. The summed E-state index contributed by atoms with van der Waals surface area (Å²) in [6.07, 6.45) is 1.28. The van der Waals surface area contributed by atoms with Crippen LogP contribution in [0.25, 0.3) is 0 Å². The van der Waals surface area contributed by atoms with Gasteiger partial charge in [-0.15, -0.1) is 0 Å². The van der Waals surface area contributed by atoms with Crippen molar-refractivity contribution in [3.63, 3.8) is 0 Å². The molecule has 1 aromatic carbocycles. The number of nitrogens with zero attached hydrogens (tertiary/aromatic N) is 1. The molecule has 2 rings (SSSR count). The lowest BCUT2D eigenvalue weighted by molar-refractivity contribution is -0.145. The highest BCUT2D eigenvalue weighted by molar-refractivity contribution is 5.77. The van der Waals surface area contributed by atoms with E-state index in [1.54, 1.807) is 12.0 Å². The number of aryl methyl sites for hydroxylation is 1. The Bertz CT molecular complexity index is 494. The summed E-state index contributed by atoms with van der Waals surface area (Å²) >= 11 is 0. The van der Waals surface area contributed by atoms with Gasteiger partial charge in [0.1, 0.15) is 5.75 Å². The summed E-state index contributed by atoms with van der Waals surface area (Å²) in [6, 6.07) is 7.68. The largest absolute Gasteiger partial charge is 0.497 e. The molecule has 1 heterocycles. The van der Waals surface area contributed by atoms with Gasteiger partial charge in [-0.2, -0.15) is 0 Å². The highest BCUT2D eigenvalue weighted by Crippen LogP contribution is 2.21. The molecule has 1 N–H and O–H groups in total. The van der Waals surface area contributed by atoms with Crippen molar-refractivity contribution >= 4 is 11.9 Å². The van der Waals surface area contributed by atoms with Gasteiger partial charge in [0.15, 0.2) is 0 Å². The lowest BCUT2D eigenvalue weighted by Crippen LogP contribution is -2.50. The highest BCUT2D eigenvalue weighted by atomic mass is 16.5. The van der Waals surface area contributed by atoms with E-state index in [4.69, 9.17) is 9.84 Å². The maximum absolute atomic E-state index is 11.9. The molecule has 1 fully saturated rings. The molecule has 1 amide bonds. The highest BCUT2D eigenvalue weighted by Gasteiger charge is 2.31. The van der Waals surface area contributed by atoms with Gasteiger partial charge in [0, 0.05) is 25.4 Å². The van der Waals surface area contributed by atoms with Crippen molar-refractivity contribution in [3.8, 4) is 5.75 Å². The molecule has 0 unspecified atom stereocenters. The fraction of sp³-hybridized carbons (Fsp3) is 0.467. The predicted molar refractivity (Wildman–Crippen MR) is 73.6 cm³/mol. The van der Waals surface area contributed by atoms with Crippen molar-refractivity contribution < 1.29 is 19.4 Å². The third kappa shape index (κ3) is 3.73. The summed E-state index contributed by atoms with van der Waals surface area (Å²) in [4.78, 5) is 24.2. The molecule has 1 aliphatic heterocycles. The van der Waals surface area contributed by atoms with Crippen molar-refractivity contribution in [1.82, 2.24) is 4.90 Å². The zero-order valence-electron chi connectivity index (χ0n) is 11.5. The average molecular weight is 277 g/mol. The zero-order valence-corrected chi connectivity index (χ0v) is 11.5. The molecule has 0 radical (unpaired) electrons. The monoisotopic (exact) mass is 277 g/mol. The normalized spacial score (nSPS) is 14.8. The maximum atomic E-state index is 11.9. The van der Waals surface area contributed by atoms with E-state index >= 15 is 0 Å². The van der Waals surface area contributed by atoms with E-state index in [1.807, 2.05) is 24.3 Å². The second-order valence-electron chi connectivity index (χ2n) is 5.11. The number of aliphatic carboxylic acids is 1. The van der Waals surface area contributed by atoms with Gasteiger partial charge >= 0.3 is 5.97 Å². The van der Waals surface area contributed by atoms with Crippen LogP contribution < -0.4 is 4.74 Å². The Kier molecular flexibility index (Phi) is 4.61. The van der Waals surface area contributed by atoms with Crippen LogP contribution in [0.3, 0.4) is 0 Å². The van der Waals surface area contributed by atoms with Crippen LogP contribution in [0, 0.1) is 5.92 Å². The quantitative estimate of drug-likeness (QED) is 0.857. The Morgan fingerprint density at radius 3 is 2.80 bits per heavy atom. The smallest absolute Gasteiger partial charge is 0.303 e. The number of carboxylic acid groups (broad SMARTS) is 1. The van der Waals surface area contributed by atoms with Crippen molar-refractivity contribution in [1.29, 1.82) is 0 Å². The number of carbonyl (C=O) groups excluding carboxylic acids is 1. The number of carbonyl (C=O) groups is 2. The standard InChI is InChI=1S/C15H19NO4/c1-20-13-4-2-3-11(7-13)5-6-14(17)16-9-12(10-16)8-15(18)19/h2-4,7,12H,5-6,8-10H2,1H3,(H,18,19).